The maximum absolute atomic E-state index is 12.6. The summed E-state index contributed by atoms with van der Waals surface area (Å²) in [7, 11) is 0. The molecule has 0 bridgehead atoms. The third-order valence-electron chi connectivity index (χ3n) is 4.55. The first-order valence-electron chi connectivity index (χ1n) is 8.27. The number of amides is 1. The standard InChI is InChI=1S/C16H23N5O2/c1-4-13-14(11(3)23-20-13)16(22)18-10(2)15-19-17-9-21(15)12-7-5-6-8-12/h9-10,12H,4-8H2,1-3H3,(H,18,22)/t10-/m0/s1. The van der Waals surface area contributed by atoms with Gasteiger partial charge in [0, 0.05) is 6.04 Å². The summed E-state index contributed by atoms with van der Waals surface area (Å²) in [5.41, 5.74) is 1.22. The molecule has 1 saturated carbocycles. The molecule has 0 spiro atoms. The summed E-state index contributed by atoms with van der Waals surface area (Å²) < 4.78 is 7.25. The summed E-state index contributed by atoms with van der Waals surface area (Å²) in [5, 5.41) is 15.2. The van der Waals surface area contributed by atoms with Crippen LogP contribution < -0.4 is 5.32 Å². The van der Waals surface area contributed by atoms with Crippen LogP contribution in [0.3, 0.4) is 0 Å². The van der Waals surface area contributed by atoms with E-state index in [9.17, 15) is 4.79 Å². The first kappa shape index (κ1) is 15.7. The van der Waals surface area contributed by atoms with Gasteiger partial charge in [-0.1, -0.05) is 24.9 Å². The average Bonchev–Trinajstić information content (AvgIpc) is 3.26. The number of carbonyl (C=O) groups is 1. The molecule has 2 aromatic rings. The van der Waals surface area contributed by atoms with Crippen molar-refractivity contribution in [3.05, 3.63) is 29.2 Å². The van der Waals surface area contributed by atoms with Crippen LogP contribution in [0.5, 0.6) is 0 Å². The second-order valence-corrected chi connectivity index (χ2v) is 6.14. The van der Waals surface area contributed by atoms with Gasteiger partial charge < -0.3 is 14.4 Å². The number of rotatable bonds is 5. The Kier molecular flexibility index (Phi) is 4.45. The first-order chi connectivity index (χ1) is 11.1. The molecule has 2 heterocycles. The van der Waals surface area contributed by atoms with E-state index < -0.39 is 0 Å². The van der Waals surface area contributed by atoms with Gasteiger partial charge in [0.05, 0.1) is 11.7 Å². The van der Waals surface area contributed by atoms with E-state index in [4.69, 9.17) is 4.52 Å². The summed E-state index contributed by atoms with van der Waals surface area (Å²) in [5.74, 6) is 1.18. The van der Waals surface area contributed by atoms with Gasteiger partial charge in [0.15, 0.2) is 5.82 Å². The lowest BCUT2D eigenvalue weighted by molar-refractivity contribution is 0.0935. The molecule has 124 valence electrons. The van der Waals surface area contributed by atoms with Crippen molar-refractivity contribution in [3.8, 4) is 0 Å². The summed E-state index contributed by atoms with van der Waals surface area (Å²) in [4.78, 5) is 12.6. The Balaban J connectivity index is 1.77. The summed E-state index contributed by atoms with van der Waals surface area (Å²) >= 11 is 0. The number of nitrogens with zero attached hydrogens (tertiary/aromatic N) is 4. The Hall–Kier alpha value is -2.18. The number of aromatic nitrogens is 4. The van der Waals surface area contributed by atoms with E-state index in [1.807, 2.05) is 13.8 Å². The molecule has 1 aliphatic carbocycles. The normalized spacial score (nSPS) is 16.7. The molecule has 0 radical (unpaired) electrons. The Morgan fingerprint density at radius 3 is 2.91 bits per heavy atom. The van der Waals surface area contributed by atoms with Crippen LogP contribution in [0.15, 0.2) is 10.9 Å². The van der Waals surface area contributed by atoms with Gasteiger partial charge in [0.25, 0.3) is 5.91 Å². The minimum atomic E-state index is -0.218. The van der Waals surface area contributed by atoms with Crippen LogP contribution in [-0.2, 0) is 6.42 Å². The molecule has 1 N–H and O–H groups in total. The van der Waals surface area contributed by atoms with Crippen molar-refractivity contribution < 1.29 is 9.32 Å². The lowest BCUT2D eigenvalue weighted by Gasteiger charge is -2.18. The molecule has 0 aromatic carbocycles. The zero-order valence-corrected chi connectivity index (χ0v) is 13.9. The van der Waals surface area contributed by atoms with E-state index in [0.29, 0.717) is 29.5 Å². The van der Waals surface area contributed by atoms with E-state index in [2.05, 4.69) is 25.2 Å². The van der Waals surface area contributed by atoms with Gasteiger partial charge in [-0.3, -0.25) is 4.79 Å². The average molecular weight is 317 g/mol. The smallest absolute Gasteiger partial charge is 0.257 e. The van der Waals surface area contributed by atoms with Crippen molar-refractivity contribution in [2.24, 2.45) is 0 Å². The number of carbonyl (C=O) groups excluding carboxylic acids is 1. The Bertz CT molecular complexity index is 684. The third-order valence-corrected chi connectivity index (χ3v) is 4.55. The van der Waals surface area contributed by atoms with Crippen molar-refractivity contribution >= 4 is 5.91 Å². The van der Waals surface area contributed by atoms with Crippen molar-refractivity contribution in [1.82, 2.24) is 25.2 Å². The zero-order valence-electron chi connectivity index (χ0n) is 13.9. The topological polar surface area (TPSA) is 85.8 Å². The molecule has 7 nitrogen and oxygen atoms in total. The van der Waals surface area contributed by atoms with Gasteiger partial charge in [0.2, 0.25) is 0 Å². The van der Waals surface area contributed by atoms with Crippen molar-refractivity contribution in [1.29, 1.82) is 0 Å². The second kappa shape index (κ2) is 6.52. The van der Waals surface area contributed by atoms with Crippen molar-refractivity contribution in [2.75, 3.05) is 0 Å². The van der Waals surface area contributed by atoms with Crippen LogP contribution in [0.1, 0.15) is 79.3 Å². The lowest BCUT2D eigenvalue weighted by Crippen LogP contribution is -2.30. The van der Waals surface area contributed by atoms with Crippen LogP contribution in [0.2, 0.25) is 0 Å². The number of hydrogen-bond acceptors (Lipinski definition) is 5. The fourth-order valence-corrected chi connectivity index (χ4v) is 3.31. The molecule has 1 amide bonds. The van der Waals surface area contributed by atoms with E-state index in [1.165, 1.54) is 12.8 Å². The molecule has 0 unspecified atom stereocenters. The van der Waals surface area contributed by atoms with Gasteiger partial charge in [-0.05, 0) is 33.1 Å². The van der Waals surface area contributed by atoms with Crippen molar-refractivity contribution in [2.45, 2.75) is 65.0 Å². The van der Waals surface area contributed by atoms with Gasteiger partial charge >= 0.3 is 0 Å². The minimum Gasteiger partial charge on any atom is -0.361 e. The van der Waals surface area contributed by atoms with Crippen LogP contribution >= 0.6 is 0 Å². The third kappa shape index (κ3) is 3.00. The summed E-state index contributed by atoms with van der Waals surface area (Å²) in [6.45, 7) is 5.64. The maximum atomic E-state index is 12.6. The predicted octanol–water partition coefficient (Wildman–Crippen LogP) is 2.74. The van der Waals surface area contributed by atoms with E-state index >= 15 is 0 Å². The van der Waals surface area contributed by atoms with Gasteiger partial charge in [-0.15, -0.1) is 10.2 Å². The maximum Gasteiger partial charge on any atom is 0.257 e. The second-order valence-electron chi connectivity index (χ2n) is 6.14. The highest BCUT2D eigenvalue weighted by Gasteiger charge is 2.25. The predicted molar refractivity (Wildman–Crippen MR) is 84.0 cm³/mol. The molecule has 1 fully saturated rings. The van der Waals surface area contributed by atoms with Crippen LogP contribution in [0.4, 0.5) is 0 Å². The largest absolute Gasteiger partial charge is 0.361 e. The van der Waals surface area contributed by atoms with E-state index in [1.54, 1.807) is 13.3 Å². The molecule has 0 saturated heterocycles. The van der Waals surface area contributed by atoms with E-state index in [0.717, 1.165) is 18.7 Å². The summed E-state index contributed by atoms with van der Waals surface area (Å²) in [6.07, 6.45) is 7.21. The van der Waals surface area contributed by atoms with Gasteiger partial charge in [-0.25, -0.2) is 0 Å². The molecule has 1 aliphatic rings. The summed E-state index contributed by atoms with van der Waals surface area (Å²) in [6, 6.07) is 0.229. The Morgan fingerprint density at radius 1 is 1.48 bits per heavy atom. The van der Waals surface area contributed by atoms with Crippen molar-refractivity contribution in [3.63, 3.8) is 0 Å². The van der Waals surface area contributed by atoms with Crippen LogP contribution in [0, 0.1) is 6.92 Å². The molecule has 0 aliphatic heterocycles. The highest BCUT2D eigenvalue weighted by atomic mass is 16.5. The van der Waals surface area contributed by atoms with Crippen LogP contribution in [0.25, 0.3) is 0 Å². The number of nitrogens with one attached hydrogen (secondary N) is 1. The Morgan fingerprint density at radius 2 is 2.22 bits per heavy atom. The Labute approximate surface area is 135 Å². The van der Waals surface area contributed by atoms with E-state index in [-0.39, 0.29) is 11.9 Å². The monoisotopic (exact) mass is 317 g/mol. The fourth-order valence-electron chi connectivity index (χ4n) is 3.31. The molecule has 1 atom stereocenters. The van der Waals surface area contributed by atoms with Crippen LogP contribution in [-0.4, -0.2) is 25.8 Å². The van der Waals surface area contributed by atoms with Gasteiger partial charge in [0.1, 0.15) is 17.7 Å². The lowest BCUT2D eigenvalue weighted by atomic mass is 10.1. The minimum absolute atomic E-state index is 0.172. The molecular formula is C16H23N5O2. The quantitative estimate of drug-likeness (QED) is 0.916. The first-order valence-corrected chi connectivity index (χ1v) is 8.27. The molecular weight excluding hydrogens is 294 g/mol. The number of aryl methyl sites for hydroxylation is 2. The number of hydrogen-bond donors (Lipinski definition) is 1. The zero-order chi connectivity index (χ0) is 16.4. The molecule has 2 aromatic heterocycles. The SMILES string of the molecule is CCc1noc(C)c1C(=O)N[C@@H](C)c1nncn1C1CCCC1. The van der Waals surface area contributed by atoms with Gasteiger partial charge in [-0.2, -0.15) is 0 Å². The molecule has 7 heteroatoms. The highest BCUT2D eigenvalue weighted by molar-refractivity contribution is 5.96. The molecule has 23 heavy (non-hydrogen) atoms. The molecule has 3 rings (SSSR count). The highest BCUT2D eigenvalue weighted by Crippen LogP contribution is 2.31. The fraction of sp³-hybridized carbons (Fsp3) is 0.625.